The number of aromatic nitrogens is 4. The Bertz CT molecular complexity index is 3390. The molecule has 0 atom stereocenters. The first-order chi connectivity index (χ1) is 25.3. The molecular weight excluding hydrogens is 641 g/mol. The summed E-state index contributed by atoms with van der Waals surface area (Å²) in [5.74, 6) is 0. The molecule has 0 aliphatic carbocycles. The van der Waals surface area contributed by atoms with Crippen LogP contribution in [0.15, 0.2) is 158 Å². The zero-order valence-electron chi connectivity index (χ0n) is 27.2. The predicted octanol–water partition coefficient (Wildman–Crippen LogP) is 12.5. The van der Waals surface area contributed by atoms with Crippen LogP contribution in [0.5, 0.6) is 0 Å². The van der Waals surface area contributed by atoms with Gasteiger partial charge in [-0.1, -0.05) is 109 Å². The summed E-state index contributed by atoms with van der Waals surface area (Å²) in [4.78, 5) is 9.43. The third kappa shape index (κ3) is 3.53. The fraction of sp³-hybridized carbons (Fsp3) is 0. The molecule has 0 saturated carbocycles. The van der Waals surface area contributed by atoms with E-state index in [1.165, 1.54) is 86.0 Å². The van der Waals surface area contributed by atoms with E-state index in [4.69, 9.17) is 4.98 Å². The van der Waals surface area contributed by atoms with Crippen LogP contribution >= 0.6 is 11.3 Å². The molecule has 5 heteroatoms. The van der Waals surface area contributed by atoms with Crippen molar-refractivity contribution in [1.29, 1.82) is 0 Å². The summed E-state index contributed by atoms with van der Waals surface area (Å²) in [6, 6.07) is 53.2. The van der Waals surface area contributed by atoms with Gasteiger partial charge in [0.2, 0.25) is 0 Å². The Morgan fingerprint density at radius 1 is 0.431 bits per heavy atom. The molecule has 0 saturated heterocycles. The molecule has 0 amide bonds. The first-order valence-electron chi connectivity index (χ1n) is 17.2. The van der Waals surface area contributed by atoms with E-state index in [0.717, 1.165) is 21.6 Å². The lowest BCUT2D eigenvalue weighted by Gasteiger charge is -2.14. The van der Waals surface area contributed by atoms with E-state index in [-0.39, 0.29) is 0 Å². The van der Waals surface area contributed by atoms with E-state index >= 15 is 0 Å². The molecule has 4 aromatic heterocycles. The van der Waals surface area contributed by atoms with Crippen LogP contribution in [0, 0.1) is 0 Å². The Hall–Kier alpha value is -6.56. The summed E-state index contributed by atoms with van der Waals surface area (Å²) in [6.45, 7) is 0. The van der Waals surface area contributed by atoms with Crippen LogP contribution in [-0.2, 0) is 0 Å². The molecule has 236 valence electrons. The highest BCUT2D eigenvalue weighted by Crippen LogP contribution is 2.51. The van der Waals surface area contributed by atoms with Gasteiger partial charge < -0.3 is 9.13 Å². The molecule has 0 bridgehead atoms. The molecule has 0 fully saturated rings. The zero-order valence-corrected chi connectivity index (χ0v) is 28.0. The van der Waals surface area contributed by atoms with Crippen LogP contribution in [0.25, 0.3) is 108 Å². The van der Waals surface area contributed by atoms with E-state index in [9.17, 15) is 0 Å². The number of para-hydroxylation sites is 3. The minimum Gasteiger partial charge on any atom is -0.308 e. The number of hydrogen-bond donors (Lipinski definition) is 0. The Balaban J connectivity index is 1.36. The lowest BCUT2D eigenvalue weighted by atomic mass is 9.94. The Morgan fingerprint density at radius 2 is 0.980 bits per heavy atom. The van der Waals surface area contributed by atoms with Gasteiger partial charge >= 0.3 is 0 Å². The highest BCUT2D eigenvalue weighted by Gasteiger charge is 2.27. The highest BCUT2D eigenvalue weighted by atomic mass is 32.1. The van der Waals surface area contributed by atoms with Crippen molar-refractivity contribution in [3.8, 4) is 11.4 Å². The van der Waals surface area contributed by atoms with Gasteiger partial charge in [-0.2, -0.15) is 0 Å². The molecular formula is C46H26N4S. The van der Waals surface area contributed by atoms with Crippen molar-refractivity contribution in [2.75, 3.05) is 0 Å². The molecule has 4 heterocycles. The van der Waals surface area contributed by atoms with E-state index in [2.05, 4.69) is 160 Å². The summed E-state index contributed by atoms with van der Waals surface area (Å²) < 4.78 is 7.29. The molecule has 0 radical (unpaired) electrons. The van der Waals surface area contributed by atoms with Crippen molar-refractivity contribution in [2.45, 2.75) is 0 Å². The largest absolute Gasteiger partial charge is 0.308 e. The maximum Gasteiger partial charge on any atom is 0.116 e. The number of hydrogen-bond acceptors (Lipinski definition) is 3. The van der Waals surface area contributed by atoms with E-state index in [1.54, 1.807) is 17.7 Å². The Labute approximate surface area is 295 Å². The summed E-state index contributed by atoms with van der Waals surface area (Å²) in [5.41, 5.74) is 8.04. The van der Waals surface area contributed by atoms with Gasteiger partial charge in [-0.05, 0) is 68.7 Å². The summed E-state index contributed by atoms with van der Waals surface area (Å²) >= 11 is 1.79. The second kappa shape index (κ2) is 10.0. The topological polar surface area (TPSA) is 35.6 Å². The predicted molar refractivity (Wildman–Crippen MR) is 216 cm³/mol. The standard InChI is InChI=1S/C46H26N4S/c1-2-12-27(13-3-1)49-38-21-11-9-19-35(38)41-44-40(42-43-39(25-47-26-48-43)51-46(42)45(41)49)34-18-8-10-20-37(34)50(44)28-22-23-33-31-16-5-4-14-29(31)30-15-6-7-17-32(30)36(33)24-28/h1-26H. The number of nitrogens with zero attached hydrogens (tertiary/aromatic N) is 4. The van der Waals surface area contributed by atoms with Gasteiger partial charge in [-0.25, -0.2) is 9.97 Å². The molecule has 0 unspecified atom stereocenters. The average Bonchev–Trinajstić information content (AvgIpc) is 3.86. The summed E-state index contributed by atoms with van der Waals surface area (Å²) in [7, 11) is 0. The van der Waals surface area contributed by atoms with Crippen LogP contribution in [0.2, 0.25) is 0 Å². The zero-order chi connectivity index (χ0) is 33.2. The average molecular weight is 667 g/mol. The first-order valence-corrected chi connectivity index (χ1v) is 18.1. The monoisotopic (exact) mass is 666 g/mol. The minimum absolute atomic E-state index is 1.00. The van der Waals surface area contributed by atoms with Crippen LogP contribution in [0.3, 0.4) is 0 Å². The maximum atomic E-state index is 4.96. The molecule has 4 nitrogen and oxygen atoms in total. The number of fused-ring (bicyclic) bond motifs is 18. The third-order valence-corrected chi connectivity index (χ3v) is 11.9. The van der Waals surface area contributed by atoms with Gasteiger partial charge in [0.1, 0.15) is 6.33 Å². The van der Waals surface area contributed by atoms with Crippen molar-refractivity contribution in [1.82, 2.24) is 19.1 Å². The van der Waals surface area contributed by atoms with Crippen molar-refractivity contribution >= 4 is 108 Å². The lowest BCUT2D eigenvalue weighted by Crippen LogP contribution is -1.96. The molecule has 0 aliphatic heterocycles. The lowest BCUT2D eigenvalue weighted by molar-refractivity contribution is 1.18. The molecule has 12 rings (SSSR count). The number of thiophene rings is 1. The van der Waals surface area contributed by atoms with E-state index < -0.39 is 0 Å². The Kier molecular flexibility index (Phi) is 5.35. The quantitative estimate of drug-likeness (QED) is 0.172. The second-order valence-electron chi connectivity index (χ2n) is 13.4. The molecule has 0 spiro atoms. The van der Waals surface area contributed by atoms with Gasteiger partial charge in [0.15, 0.2) is 0 Å². The molecule has 8 aromatic carbocycles. The molecule has 0 aliphatic rings. The second-order valence-corrected chi connectivity index (χ2v) is 14.4. The smallest absolute Gasteiger partial charge is 0.116 e. The minimum atomic E-state index is 1.00. The van der Waals surface area contributed by atoms with Gasteiger partial charge in [0.25, 0.3) is 0 Å². The van der Waals surface area contributed by atoms with Crippen molar-refractivity contribution in [3.63, 3.8) is 0 Å². The van der Waals surface area contributed by atoms with Gasteiger partial charge in [0, 0.05) is 44.5 Å². The van der Waals surface area contributed by atoms with Crippen LogP contribution in [0.4, 0.5) is 0 Å². The fourth-order valence-corrected chi connectivity index (χ4v) is 9.99. The van der Waals surface area contributed by atoms with E-state index in [1.807, 2.05) is 6.20 Å². The van der Waals surface area contributed by atoms with Crippen molar-refractivity contribution < 1.29 is 0 Å². The Morgan fingerprint density at radius 3 is 1.67 bits per heavy atom. The van der Waals surface area contributed by atoms with Crippen LogP contribution < -0.4 is 0 Å². The molecule has 12 aromatic rings. The summed E-state index contributed by atoms with van der Waals surface area (Å²) in [5, 5.41) is 13.7. The van der Waals surface area contributed by atoms with Crippen LogP contribution in [-0.4, -0.2) is 19.1 Å². The first kappa shape index (κ1) is 27.3. The maximum absolute atomic E-state index is 4.96. The third-order valence-electron chi connectivity index (χ3n) is 10.8. The van der Waals surface area contributed by atoms with Crippen molar-refractivity contribution in [3.05, 3.63) is 158 Å². The normalized spacial score (nSPS) is 12.3. The highest BCUT2D eigenvalue weighted by molar-refractivity contribution is 7.26. The van der Waals surface area contributed by atoms with Crippen molar-refractivity contribution in [2.24, 2.45) is 0 Å². The van der Waals surface area contributed by atoms with Gasteiger partial charge in [-0.3, -0.25) is 0 Å². The SMILES string of the molecule is c1ccc(-n2c3ccccc3c3c2c2sc4cncnc4c2c2c4ccccc4n(-c4ccc5c6ccccc6c6ccccc6c5c4)c23)cc1. The van der Waals surface area contributed by atoms with Gasteiger partial charge in [0.05, 0.1) is 37.0 Å². The van der Waals surface area contributed by atoms with E-state index in [0.29, 0.717) is 0 Å². The molecule has 0 N–H and O–H groups in total. The molecule has 51 heavy (non-hydrogen) atoms. The van der Waals surface area contributed by atoms with Gasteiger partial charge in [-0.15, -0.1) is 11.3 Å². The fourth-order valence-electron chi connectivity index (χ4n) is 8.82. The number of rotatable bonds is 2. The number of benzene rings is 8. The van der Waals surface area contributed by atoms with Crippen LogP contribution in [0.1, 0.15) is 0 Å². The summed E-state index contributed by atoms with van der Waals surface area (Å²) in [6.07, 6.45) is 3.66.